The first-order chi connectivity index (χ1) is 13.3. The summed E-state index contributed by atoms with van der Waals surface area (Å²) in [4.78, 5) is 36.4. The summed E-state index contributed by atoms with van der Waals surface area (Å²) in [5.41, 5.74) is 0.428. The molecule has 0 unspecified atom stereocenters. The number of nitrogens with zero attached hydrogens (tertiary/aromatic N) is 1. The van der Waals surface area contributed by atoms with Gasteiger partial charge in [0.05, 0.1) is 17.5 Å². The van der Waals surface area contributed by atoms with Crippen LogP contribution in [0, 0.1) is 17.2 Å². The normalized spacial score (nSPS) is 11.4. The lowest BCUT2D eigenvalue weighted by Crippen LogP contribution is -2.45. The second-order valence-corrected chi connectivity index (χ2v) is 6.57. The van der Waals surface area contributed by atoms with Gasteiger partial charge < -0.3 is 19.8 Å². The van der Waals surface area contributed by atoms with E-state index in [0.717, 1.165) is 0 Å². The molecule has 0 fully saturated rings. The van der Waals surface area contributed by atoms with Crippen LogP contribution in [0.3, 0.4) is 0 Å². The van der Waals surface area contributed by atoms with Gasteiger partial charge in [-0.05, 0) is 36.2 Å². The first kappa shape index (κ1) is 21.0. The topological polar surface area (TPSA) is 121 Å². The lowest BCUT2D eigenvalue weighted by atomic mass is 10.0. The lowest BCUT2D eigenvalue weighted by Gasteiger charge is -2.20. The molecule has 0 aliphatic heterocycles. The van der Waals surface area contributed by atoms with Gasteiger partial charge >= 0.3 is 5.97 Å². The highest BCUT2D eigenvalue weighted by molar-refractivity contribution is 6.31. The molecule has 0 radical (unpaired) electrons. The van der Waals surface area contributed by atoms with Gasteiger partial charge in [0.15, 0.2) is 12.4 Å². The van der Waals surface area contributed by atoms with Crippen LogP contribution >= 0.6 is 11.6 Å². The maximum absolute atomic E-state index is 12.3. The second-order valence-electron chi connectivity index (χ2n) is 6.13. The summed E-state index contributed by atoms with van der Waals surface area (Å²) in [5, 5.41) is 14.4. The number of anilines is 1. The molecule has 8 nitrogen and oxygen atoms in total. The molecule has 2 amide bonds. The fourth-order valence-corrected chi connectivity index (χ4v) is 2.42. The summed E-state index contributed by atoms with van der Waals surface area (Å²) in [6, 6.07) is 8.36. The predicted octanol–water partition coefficient (Wildman–Crippen LogP) is 2.74. The number of ether oxygens (including phenoxy) is 1. The maximum atomic E-state index is 12.3. The van der Waals surface area contributed by atoms with E-state index in [-0.39, 0.29) is 22.9 Å². The zero-order valence-corrected chi connectivity index (χ0v) is 15.9. The summed E-state index contributed by atoms with van der Waals surface area (Å²) in [5.74, 6) is -2.21. The highest BCUT2D eigenvalue weighted by Gasteiger charge is 2.27. The second kappa shape index (κ2) is 9.58. The predicted molar refractivity (Wildman–Crippen MR) is 101 cm³/mol. The molecule has 0 spiro atoms. The number of hydrogen-bond acceptors (Lipinski definition) is 6. The van der Waals surface area contributed by atoms with Crippen molar-refractivity contribution in [3.63, 3.8) is 0 Å². The van der Waals surface area contributed by atoms with Crippen molar-refractivity contribution in [1.82, 2.24) is 5.32 Å². The number of halogens is 1. The van der Waals surface area contributed by atoms with Crippen molar-refractivity contribution in [3.8, 4) is 6.07 Å². The van der Waals surface area contributed by atoms with Crippen LogP contribution in [-0.2, 0) is 14.3 Å². The zero-order valence-electron chi connectivity index (χ0n) is 15.2. The van der Waals surface area contributed by atoms with Crippen LogP contribution in [0.2, 0.25) is 5.02 Å². The van der Waals surface area contributed by atoms with Crippen LogP contribution in [-0.4, -0.2) is 30.4 Å². The molecule has 0 bridgehead atoms. The summed E-state index contributed by atoms with van der Waals surface area (Å²) < 4.78 is 10.00. The fourth-order valence-electron chi connectivity index (χ4n) is 2.25. The van der Waals surface area contributed by atoms with Crippen molar-refractivity contribution in [2.45, 2.75) is 19.9 Å². The van der Waals surface area contributed by atoms with E-state index in [4.69, 9.17) is 26.0 Å². The van der Waals surface area contributed by atoms with Crippen molar-refractivity contribution in [2.24, 2.45) is 5.92 Å². The van der Waals surface area contributed by atoms with Crippen LogP contribution in [0.15, 0.2) is 41.0 Å². The Kier molecular flexibility index (Phi) is 7.18. The molecule has 0 aliphatic rings. The molecule has 1 atom stereocenters. The minimum atomic E-state index is -0.966. The van der Waals surface area contributed by atoms with Gasteiger partial charge in [-0.15, -0.1) is 0 Å². The molecule has 0 saturated heterocycles. The zero-order chi connectivity index (χ0) is 20.7. The number of nitriles is 1. The van der Waals surface area contributed by atoms with Gasteiger partial charge in [0.25, 0.3) is 11.8 Å². The highest BCUT2D eigenvalue weighted by Crippen LogP contribution is 2.20. The van der Waals surface area contributed by atoms with Gasteiger partial charge in [0.1, 0.15) is 12.1 Å². The van der Waals surface area contributed by atoms with Gasteiger partial charge in [-0.25, -0.2) is 4.79 Å². The average molecular weight is 404 g/mol. The molecule has 0 saturated carbocycles. The number of rotatable bonds is 7. The standard InChI is InChI=1S/C19H18ClN3O5/c1-11(2)17(23-18(25)15-4-3-7-27-15)19(26)28-10-16(24)22-14-8-13(20)6-5-12(14)9-21/h3-8,11,17H,10H2,1-2H3,(H,22,24)(H,23,25)/t17-/m0/s1. The smallest absolute Gasteiger partial charge is 0.329 e. The van der Waals surface area contributed by atoms with Crippen molar-refractivity contribution in [3.05, 3.63) is 52.9 Å². The summed E-state index contributed by atoms with van der Waals surface area (Å²) in [6.45, 7) is 2.86. The Morgan fingerprint density at radius 1 is 1.29 bits per heavy atom. The van der Waals surface area contributed by atoms with Gasteiger partial charge in [0.2, 0.25) is 0 Å². The minimum absolute atomic E-state index is 0.0567. The van der Waals surface area contributed by atoms with Crippen molar-refractivity contribution in [1.29, 1.82) is 5.26 Å². The number of carbonyl (C=O) groups excluding carboxylic acids is 3. The Bertz CT molecular complexity index is 903. The molecule has 9 heteroatoms. The van der Waals surface area contributed by atoms with E-state index in [1.54, 1.807) is 19.9 Å². The van der Waals surface area contributed by atoms with Crippen molar-refractivity contribution in [2.75, 3.05) is 11.9 Å². The SMILES string of the molecule is CC(C)[C@H](NC(=O)c1ccco1)C(=O)OCC(=O)Nc1cc(Cl)ccc1C#N. The highest BCUT2D eigenvalue weighted by atomic mass is 35.5. The molecule has 2 rings (SSSR count). The number of amides is 2. The van der Waals surface area contributed by atoms with Crippen LogP contribution in [0.1, 0.15) is 30.0 Å². The fraction of sp³-hybridized carbons (Fsp3) is 0.263. The molecule has 2 aromatic rings. The molecule has 1 heterocycles. The van der Waals surface area contributed by atoms with E-state index >= 15 is 0 Å². The Morgan fingerprint density at radius 2 is 2.04 bits per heavy atom. The number of hydrogen-bond donors (Lipinski definition) is 2. The average Bonchev–Trinajstić information content (AvgIpc) is 3.19. The monoisotopic (exact) mass is 403 g/mol. The van der Waals surface area contributed by atoms with Crippen LogP contribution in [0.4, 0.5) is 5.69 Å². The van der Waals surface area contributed by atoms with E-state index in [2.05, 4.69) is 10.6 Å². The number of esters is 1. The number of furan rings is 1. The first-order valence-electron chi connectivity index (χ1n) is 8.32. The molecular formula is C19H18ClN3O5. The van der Waals surface area contributed by atoms with E-state index in [1.165, 1.54) is 30.5 Å². The number of carbonyl (C=O) groups is 3. The summed E-state index contributed by atoms with van der Waals surface area (Å²) in [6.07, 6.45) is 1.34. The van der Waals surface area contributed by atoms with Crippen LogP contribution in [0.25, 0.3) is 0 Å². The third kappa shape index (κ3) is 5.59. The molecule has 1 aromatic carbocycles. The van der Waals surface area contributed by atoms with Gasteiger partial charge in [-0.1, -0.05) is 25.4 Å². The molecule has 146 valence electrons. The van der Waals surface area contributed by atoms with Crippen LogP contribution in [0.5, 0.6) is 0 Å². The quantitative estimate of drug-likeness (QED) is 0.685. The molecular weight excluding hydrogens is 386 g/mol. The lowest BCUT2D eigenvalue weighted by molar-refractivity contribution is -0.150. The summed E-state index contributed by atoms with van der Waals surface area (Å²) >= 11 is 5.86. The van der Waals surface area contributed by atoms with Gasteiger partial charge in [-0.2, -0.15) is 5.26 Å². The molecule has 28 heavy (non-hydrogen) atoms. The Morgan fingerprint density at radius 3 is 2.64 bits per heavy atom. The number of benzene rings is 1. The van der Waals surface area contributed by atoms with Gasteiger partial charge in [-0.3, -0.25) is 9.59 Å². The third-order valence-electron chi connectivity index (χ3n) is 3.67. The Hall–Kier alpha value is -3.31. The first-order valence-corrected chi connectivity index (χ1v) is 8.70. The molecule has 1 aromatic heterocycles. The molecule has 0 aliphatic carbocycles. The Balaban J connectivity index is 1.95. The van der Waals surface area contributed by atoms with Crippen molar-refractivity contribution < 1.29 is 23.5 Å². The van der Waals surface area contributed by atoms with E-state index in [9.17, 15) is 14.4 Å². The maximum Gasteiger partial charge on any atom is 0.329 e. The van der Waals surface area contributed by atoms with Crippen LogP contribution < -0.4 is 10.6 Å². The largest absolute Gasteiger partial charge is 0.459 e. The number of nitrogens with one attached hydrogen (secondary N) is 2. The van der Waals surface area contributed by atoms with E-state index < -0.39 is 30.4 Å². The summed E-state index contributed by atoms with van der Waals surface area (Å²) in [7, 11) is 0. The Labute approximate surface area is 166 Å². The van der Waals surface area contributed by atoms with E-state index in [1.807, 2.05) is 6.07 Å². The van der Waals surface area contributed by atoms with Crippen molar-refractivity contribution >= 4 is 35.1 Å². The van der Waals surface area contributed by atoms with Gasteiger partial charge in [0, 0.05) is 5.02 Å². The molecule has 2 N–H and O–H groups in total. The third-order valence-corrected chi connectivity index (χ3v) is 3.91. The van der Waals surface area contributed by atoms with E-state index in [0.29, 0.717) is 5.02 Å². The minimum Gasteiger partial charge on any atom is -0.459 e.